The summed E-state index contributed by atoms with van der Waals surface area (Å²) in [4.78, 5) is 2.44. The second kappa shape index (κ2) is 4.97. The van der Waals surface area contributed by atoms with Crippen molar-refractivity contribution in [2.24, 2.45) is 5.41 Å². The van der Waals surface area contributed by atoms with Crippen LogP contribution in [0.1, 0.15) is 33.1 Å². The summed E-state index contributed by atoms with van der Waals surface area (Å²) in [7, 11) is 2.23. The van der Waals surface area contributed by atoms with Crippen LogP contribution in [0.4, 0.5) is 0 Å². The molecule has 2 heteroatoms. The van der Waals surface area contributed by atoms with Gasteiger partial charge < -0.3 is 10.2 Å². The standard InChI is InChI=1S/C11H24N2/c1-4-11(10-13(3)5-2)7-6-8-12-9-11/h12H,4-10H2,1-3H3. The summed E-state index contributed by atoms with van der Waals surface area (Å²) < 4.78 is 0. The molecule has 0 aliphatic carbocycles. The fraction of sp³-hybridized carbons (Fsp3) is 1.00. The lowest BCUT2D eigenvalue weighted by Crippen LogP contribution is -2.46. The lowest BCUT2D eigenvalue weighted by molar-refractivity contribution is 0.132. The van der Waals surface area contributed by atoms with Gasteiger partial charge in [0.05, 0.1) is 0 Å². The van der Waals surface area contributed by atoms with E-state index in [0.717, 1.165) is 0 Å². The third kappa shape index (κ3) is 2.96. The number of nitrogens with zero attached hydrogens (tertiary/aromatic N) is 1. The third-order valence-electron chi connectivity index (χ3n) is 3.46. The summed E-state index contributed by atoms with van der Waals surface area (Å²) in [5, 5.41) is 3.53. The fourth-order valence-electron chi connectivity index (χ4n) is 2.26. The van der Waals surface area contributed by atoms with Gasteiger partial charge in [-0.2, -0.15) is 0 Å². The van der Waals surface area contributed by atoms with Crippen LogP contribution in [0.25, 0.3) is 0 Å². The molecule has 0 aromatic heterocycles. The average Bonchev–Trinajstić information content (AvgIpc) is 2.19. The Morgan fingerprint density at radius 1 is 1.38 bits per heavy atom. The molecule has 1 heterocycles. The maximum Gasteiger partial charge on any atom is 0.00469 e. The molecule has 1 fully saturated rings. The Hall–Kier alpha value is -0.0800. The van der Waals surface area contributed by atoms with Crippen LogP contribution in [0.3, 0.4) is 0 Å². The van der Waals surface area contributed by atoms with Gasteiger partial charge in [0, 0.05) is 13.1 Å². The van der Waals surface area contributed by atoms with E-state index >= 15 is 0 Å². The van der Waals surface area contributed by atoms with E-state index < -0.39 is 0 Å². The molecule has 13 heavy (non-hydrogen) atoms. The molecule has 1 aliphatic rings. The summed E-state index contributed by atoms with van der Waals surface area (Å²) in [6.07, 6.45) is 4.07. The quantitative estimate of drug-likeness (QED) is 0.715. The van der Waals surface area contributed by atoms with E-state index in [1.54, 1.807) is 0 Å². The lowest BCUT2D eigenvalue weighted by Gasteiger charge is -2.39. The van der Waals surface area contributed by atoms with Gasteiger partial charge in [0.1, 0.15) is 0 Å². The van der Waals surface area contributed by atoms with Crippen LogP contribution in [-0.4, -0.2) is 38.1 Å². The number of hydrogen-bond acceptors (Lipinski definition) is 2. The summed E-state index contributed by atoms with van der Waals surface area (Å²) in [6, 6.07) is 0. The van der Waals surface area contributed by atoms with Gasteiger partial charge in [-0.3, -0.25) is 0 Å². The van der Waals surface area contributed by atoms with Crippen LogP contribution in [0.2, 0.25) is 0 Å². The van der Waals surface area contributed by atoms with Crippen molar-refractivity contribution in [1.29, 1.82) is 0 Å². The van der Waals surface area contributed by atoms with Crippen molar-refractivity contribution >= 4 is 0 Å². The van der Waals surface area contributed by atoms with Crippen molar-refractivity contribution in [3.8, 4) is 0 Å². The Morgan fingerprint density at radius 2 is 2.15 bits per heavy atom. The smallest absolute Gasteiger partial charge is 0.00469 e. The number of nitrogens with one attached hydrogen (secondary N) is 1. The van der Waals surface area contributed by atoms with Gasteiger partial charge in [-0.15, -0.1) is 0 Å². The first-order chi connectivity index (χ1) is 6.22. The minimum absolute atomic E-state index is 0.559. The Bertz CT molecular complexity index is 139. The SMILES string of the molecule is CCN(C)CC1(CC)CCCNC1. The molecule has 0 radical (unpaired) electrons. The van der Waals surface area contributed by atoms with Crippen molar-refractivity contribution in [2.75, 3.05) is 33.2 Å². The van der Waals surface area contributed by atoms with Crippen LogP contribution in [0, 0.1) is 5.41 Å². The second-order valence-electron chi connectivity index (χ2n) is 4.46. The summed E-state index contributed by atoms with van der Waals surface area (Å²) >= 11 is 0. The first-order valence-corrected chi connectivity index (χ1v) is 5.62. The zero-order valence-electron chi connectivity index (χ0n) is 9.40. The maximum atomic E-state index is 3.53. The second-order valence-corrected chi connectivity index (χ2v) is 4.46. The van der Waals surface area contributed by atoms with Crippen LogP contribution in [0.15, 0.2) is 0 Å². The molecule has 1 N–H and O–H groups in total. The van der Waals surface area contributed by atoms with Crippen molar-refractivity contribution in [3.63, 3.8) is 0 Å². The molecular weight excluding hydrogens is 160 g/mol. The Morgan fingerprint density at radius 3 is 2.62 bits per heavy atom. The summed E-state index contributed by atoms with van der Waals surface area (Å²) in [6.45, 7) is 9.43. The molecule has 1 rings (SSSR count). The van der Waals surface area contributed by atoms with Gasteiger partial charge in [-0.1, -0.05) is 13.8 Å². The highest BCUT2D eigenvalue weighted by molar-refractivity contribution is 4.86. The maximum absolute atomic E-state index is 3.53. The van der Waals surface area contributed by atoms with Gasteiger partial charge >= 0.3 is 0 Å². The molecule has 1 aliphatic heterocycles. The van der Waals surface area contributed by atoms with E-state index in [2.05, 4.69) is 31.1 Å². The number of rotatable bonds is 4. The molecule has 0 amide bonds. The molecular formula is C11H24N2. The molecule has 78 valence electrons. The van der Waals surface area contributed by atoms with E-state index in [9.17, 15) is 0 Å². The zero-order chi connectivity index (χ0) is 9.73. The van der Waals surface area contributed by atoms with Crippen molar-refractivity contribution in [1.82, 2.24) is 10.2 Å². The third-order valence-corrected chi connectivity index (χ3v) is 3.46. The predicted molar refractivity (Wildman–Crippen MR) is 58.0 cm³/mol. The molecule has 0 aromatic rings. The van der Waals surface area contributed by atoms with E-state index in [4.69, 9.17) is 0 Å². The van der Waals surface area contributed by atoms with Crippen molar-refractivity contribution in [3.05, 3.63) is 0 Å². The van der Waals surface area contributed by atoms with Gasteiger partial charge in [-0.25, -0.2) is 0 Å². The topological polar surface area (TPSA) is 15.3 Å². The molecule has 1 saturated heterocycles. The Kier molecular flexibility index (Phi) is 4.20. The molecule has 0 aromatic carbocycles. The van der Waals surface area contributed by atoms with Gasteiger partial charge in [0.15, 0.2) is 0 Å². The monoisotopic (exact) mass is 184 g/mol. The van der Waals surface area contributed by atoms with E-state index in [1.807, 2.05) is 0 Å². The highest BCUT2D eigenvalue weighted by atomic mass is 15.1. The highest BCUT2D eigenvalue weighted by Crippen LogP contribution is 2.30. The summed E-state index contributed by atoms with van der Waals surface area (Å²) in [5.74, 6) is 0. The van der Waals surface area contributed by atoms with Crippen LogP contribution in [-0.2, 0) is 0 Å². The molecule has 1 unspecified atom stereocenters. The van der Waals surface area contributed by atoms with E-state index in [0.29, 0.717) is 5.41 Å². The van der Waals surface area contributed by atoms with Gasteiger partial charge in [0.2, 0.25) is 0 Å². The van der Waals surface area contributed by atoms with Gasteiger partial charge in [0.25, 0.3) is 0 Å². The Labute approximate surface area is 82.7 Å². The minimum Gasteiger partial charge on any atom is -0.316 e. The van der Waals surface area contributed by atoms with Crippen LogP contribution < -0.4 is 5.32 Å². The minimum atomic E-state index is 0.559. The van der Waals surface area contributed by atoms with Crippen molar-refractivity contribution < 1.29 is 0 Å². The first kappa shape index (κ1) is 11.0. The first-order valence-electron chi connectivity index (χ1n) is 5.62. The van der Waals surface area contributed by atoms with Crippen LogP contribution in [0.5, 0.6) is 0 Å². The molecule has 0 spiro atoms. The molecule has 1 atom stereocenters. The van der Waals surface area contributed by atoms with Crippen molar-refractivity contribution in [2.45, 2.75) is 33.1 Å². The fourth-order valence-corrected chi connectivity index (χ4v) is 2.26. The number of piperidine rings is 1. The lowest BCUT2D eigenvalue weighted by atomic mass is 9.78. The normalized spacial score (nSPS) is 29.5. The highest BCUT2D eigenvalue weighted by Gasteiger charge is 2.30. The Balaban J connectivity index is 2.47. The average molecular weight is 184 g/mol. The van der Waals surface area contributed by atoms with E-state index in [1.165, 1.54) is 45.4 Å². The zero-order valence-corrected chi connectivity index (χ0v) is 9.40. The largest absolute Gasteiger partial charge is 0.316 e. The molecule has 2 nitrogen and oxygen atoms in total. The molecule has 0 saturated carbocycles. The van der Waals surface area contributed by atoms with Crippen LogP contribution >= 0.6 is 0 Å². The summed E-state index contributed by atoms with van der Waals surface area (Å²) in [5.41, 5.74) is 0.559. The predicted octanol–water partition coefficient (Wildman–Crippen LogP) is 1.72. The number of hydrogen-bond donors (Lipinski definition) is 1. The van der Waals surface area contributed by atoms with Gasteiger partial charge in [-0.05, 0) is 44.8 Å². The van der Waals surface area contributed by atoms with E-state index in [-0.39, 0.29) is 0 Å². The molecule has 0 bridgehead atoms.